The van der Waals surface area contributed by atoms with Gasteiger partial charge in [0.05, 0.1) is 12.1 Å². The first-order valence-corrected chi connectivity index (χ1v) is 7.21. The zero-order valence-corrected chi connectivity index (χ0v) is 13.2. The van der Waals surface area contributed by atoms with Gasteiger partial charge in [0.15, 0.2) is 0 Å². The summed E-state index contributed by atoms with van der Waals surface area (Å²) >= 11 is 9.18. The number of benzene rings is 2. The maximum absolute atomic E-state index is 13.9. The molecule has 0 aromatic heterocycles. The molecule has 0 fully saturated rings. The van der Waals surface area contributed by atoms with Crippen molar-refractivity contribution in [3.63, 3.8) is 0 Å². The predicted octanol–water partition coefficient (Wildman–Crippen LogP) is 4.49. The minimum atomic E-state index is -0.465. The van der Waals surface area contributed by atoms with E-state index in [0.29, 0.717) is 21.5 Å². The van der Waals surface area contributed by atoms with E-state index in [2.05, 4.69) is 15.9 Å². The van der Waals surface area contributed by atoms with Crippen LogP contribution in [0.25, 0.3) is 0 Å². The Morgan fingerprint density at radius 2 is 2.10 bits per heavy atom. The first-order valence-electron chi connectivity index (χ1n) is 6.04. The van der Waals surface area contributed by atoms with Crippen molar-refractivity contribution in [2.24, 2.45) is 5.73 Å². The van der Waals surface area contributed by atoms with Gasteiger partial charge in [-0.05, 0) is 52.2 Å². The van der Waals surface area contributed by atoms with Gasteiger partial charge in [0, 0.05) is 16.1 Å². The predicted molar refractivity (Wildman–Crippen MR) is 82.7 cm³/mol. The van der Waals surface area contributed by atoms with Crippen LogP contribution in [0.2, 0.25) is 5.02 Å². The molecule has 0 bridgehead atoms. The molecule has 0 aliphatic carbocycles. The SMILES string of the molecule is COc1cccc(CC(N)c2cc(Cl)c(Br)cc2F)c1. The van der Waals surface area contributed by atoms with Gasteiger partial charge in [0.25, 0.3) is 0 Å². The van der Waals surface area contributed by atoms with Crippen molar-refractivity contribution in [2.45, 2.75) is 12.5 Å². The van der Waals surface area contributed by atoms with Crippen LogP contribution in [0.1, 0.15) is 17.2 Å². The third-order valence-electron chi connectivity index (χ3n) is 3.03. The molecule has 5 heteroatoms. The van der Waals surface area contributed by atoms with Gasteiger partial charge in [0.2, 0.25) is 0 Å². The van der Waals surface area contributed by atoms with Crippen molar-refractivity contribution < 1.29 is 9.13 Å². The van der Waals surface area contributed by atoms with Gasteiger partial charge in [-0.3, -0.25) is 0 Å². The third kappa shape index (κ3) is 3.51. The zero-order chi connectivity index (χ0) is 14.7. The van der Waals surface area contributed by atoms with E-state index in [0.717, 1.165) is 11.3 Å². The molecule has 0 heterocycles. The average Bonchev–Trinajstić information content (AvgIpc) is 2.43. The van der Waals surface area contributed by atoms with Crippen molar-refractivity contribution >= 4 is 27.5 Å². The summed E-state index contributed by atoms with van der Waals surface area (Å²) in [4.78, 5) is 0. The molecule has 2 nitrogen and oxygen atoms in total. The highest BCUT2D eigenvalue weighted by molar-refractivity contribution is 9.10. The normalized spacial score (nSPS) is 12.2. The van der Waals surface area contributed by atoms with Gasteiger partial charge in [-0.25, -0.2) is 4.39 Å². The molecule has 2 N–H and O–H groups in total. The van der Waals surface area contributed by atoms with Crippen molar-refractivity contribution in [1.29, 1.82) is 0 Å². The molecular formula is C15H14BrClFNO. The smallest absolute Gasteiger partial charge is 0.129 e. The number of ether oxygens (including phenoxy) is 1. The van der Waals surface area contributed by atoms with E-state index in [1.165, 1.54) is 6.07 Å². The molecule has 2 rings (SSSR count). The number of halogens is 3. The number of hydrogen-bond donors (Lipinski definition) is 1. The standard InChI is InChI=1S/C15H14BrClFNO/c1-20-10-4-2-3-9(5-10)6-15(19)11-7-13(17)12(16)8-14(11)18/h2-5,7-8,15H,6,19H2,1H3. The van der Waals surface area contributed by atoms with Gasteiger partial charge < -0.3 is 10.5 Å². The lowest BCUT2D eigenvalue weighted by Crippen LogP contribution is -2.15. The molecule has 0 spiro atoms. The molecule has 0 amide bonds. The van der Waals surface area contributed by atoms with E-state index < -0.39 is 6.04 Å². The highest BCUT2D eigenvalue weighted by atomic mass is 79.9. The quantitative estimate of drug-likeness (QED) is 0.817. The maximum atomic E-state index is 13.9. The summed E-state index contributed by atoms with van der Waals surface area (Å²) in [5.74, 6) is 0.390. The van der Waals surface area contributed by atoms with Gasteiger partial charge in [-0.1, -0.05) is 23.7 Å². The fourth-order valence-electron chi connectivity index (χ4n) is 1.99. The van der Waals surface area contributed by atoms with Crippen LogP contribution in [-0.4, -0.2) is 7.11 Å². The Hall–Kier alpha value is -1.10. The lowest BCUT2D eigenvalue weighted by molar-refractivity contribution is 0.414. The third-order valence-corrected chi connectivity index (χ3v) is 4.23. The fraction of sp³-hybridized carbons (Fsp3) is 0.200. The Morgan fingerprint density at radius 3 is 2.80 bits per heavy atom. The molecule has 0 radical (unpaired) electrons. The topological polar surface area (TPSA) is 35.2 Å². The molecule has 106 valence electrons. The second-order valence-corrected chi connectivity index (χ2v) is 5.71. The van der Waals surface area contributed by atoms with Crippen LogP contribution < -0.4 is 10.5 Å². The van der Waals surface area contributed by atoms with E-state index >= 15 is 0 Å². The number of methoxy groups -OCH3 is 1. The number of nitrogens with two attached hydrogens (primary N) is 1. The lowest BCUT2D eigenvalue weighted by atomic mass is 9.99. The summed E-state index contributed by atoms with van der Waals surface area (Å²) in [6.45, 7) is 0. The Labute approximate surface area is 130 Å². The van der Waals surface area contributed by atoms with Gasteiger partial charge in [-0.15, -0.1) is 0 Å². The first kappa shape index (κ1) is 15.3. The Morgan fingerprint density at radius 1 is 1.35 bits per heavy atom. The highest BCUT2D eigenvalue weighted by Crippen LogP contribution is 2.29. The monoisotopic (exact) mass is 357 g/mol. The lowest BCUT2D eigenvalue weighted by Gasteiger charge is -2.14. The molecule has 0 saturated heterocycles. The largest absolute Gasteiger partial charge is 0.497 e. The van der Waals surface area contributed by atoms with Crippen LogP contribution in [-0.2, 0) is 6.42 Å². The Balaban J connectivity index is 2.23. The molecule has 0 aliphatic heterocycles. The van der Waals surface area contributed by atoms with E-state index in [-0.39, 0.29) is 5.82 Å². The summed E-state index contributed by atoms with van der Waals surface area (Å²) in [6.07, 6.45) is 0.506. The van der Waals surface area contributed by atoms with E-state index in [1.54, 1.807) is 13.2 Å². The second kappa shape index (κ2) is 6.57. The molecule has 1 unspecified atom stereocenters. The van der Waals surface area contributed by atoms with Crippen LogP contribution in [0.3, 0.4) is 0 Å². The molecule has 20 heavy (non-hydrogen) atoms. The number of hydrogen-bond acceptors (Lipinski definition) is 2. The zero-order valence-electron chi connectivity index (χ0n) is 10.9. The summed E-state index contributed by atoms with van der Waals surface area (Å²) < 4.78 is 19.6. The van der Waals surface area contributed by atoms with Gasteiger partial charge in [0.1, 0.15) is 11.6 Å². The first-order chi connectivity index (χ1) is 9.51. The van der Waals surface area contributed by atoms with Crippen LogP contribution in [0.15, 0.2) is 40.9 Å². The molecule has 0 saturated carbocycles. The molecule has 1 atom stereocenters. The fourth-order valence-corrected chi connectivity index (χ4v) is 2.47. The number of rotatable bonds is 4. The molecule has 2 aromatic rings. The molecule has 0 aliphatic rings. The maximum Gasteiger partial charge on any atom is 0.129 e. The van der Waals surface area contributed by atoms with Gasteiger partial charge in [-0.2, -0.15) is 0 Å². The van der Waals surface area contributed by atoms with Crippen LogP contribution in [0.5, 0.6) is 5.75 Å². The van der Waals surface area contributed by atoms with E-state index in [1.807, 2.05) is 24.3 Å². The van der Waals surface area contributed by atoms with Crippen molar-refractivity contribution in [3.05, 3.63) is 62.8 Å². The average molecular weight is 359 g/mol. The highest BCUT2D eigenvalue weighted by Gasteiger charge is 2.15. The van der Waals surface area contributed by atoms with E-state index in [4.69, 9.17) is 22.1 Å². The summed E-state index contributed by atoms with van der Waals surface area (Å²) in [5, 5.41) is 0.447. The molecule has 2 aromatic carbocycles. The minimum absolute atomic E-state index is 0.364. The van der Waals surface area contributed by atoms with Crippen LogP contribution in [0.4, 0.5) is 4.39 Å². The summed E-state index contributed by atoms with van der Waals surface area (Å²) in [5.41, 5.74) is 7.47. The van der Waals surface area contributed by atoms with Crippen molar-refractivity contribution in [2.75, 3.05) is 7.11 Å². The molecular weight excluding hydrogens is 345 g/mol. The van der Waals surface area contributed by atoms with Crippen molar-refractivity contribution in [1.82, 2.24) is 0 Å². The summed E-state index contributed by atoms with van der Waals surface area (Å²) in [6, 6.07) is 9.99. The van der Waals surface area contributed by atoms with Gasteiger partial charge >= 0.3 is 0 Å². The second-order valence-electron chi connectivity index (χ2n) is 4.45. The van der Waals surface area contributed by atoms with E-state index in [9.17, 15) is 4.39 Å². The Bertz CT molecular complexity index is 621. The summed E-state index contributed by atoms with van der Waals surface area (Å²) in [7, 11) is 1.60. The van der Waals surface area contributed by atoms with Crippen molar-refractivity contribution in [3.8, 4) is 5.75 Å². The Kier molecular flexibility index (Phi) is 5.02. The minimum Gasteiger partial charge on any atom is -0.497 e. The van der Waals surface area contributed by atoms with Crippen LogP contribution in [0, 0.1) is 5.82 Å². The van der Waals surface area contributed by atoms with Crippen LogP contribution >= 0.6 is 27.5 Å².